The summed E-state index contributed by atoms with van der Waals surface area (Å²) >= 11 is 0. The van der Waals surface area contributed by atoms with Crippen molar-refractivity contribution in [2.75, 3.05) is 0 Å². The van der Waals surface area contributed by atoms with E-state index in [0.29, 0.717) is 0 Å². The van der Waals surface area contributed by atoms with Gasteiger partial charge in [-0.25, -0.2) is 0 Å². The van der Waals surface area contributed by atoms with Crippen LogP contribution in [0.15, 0.2) is 11.8 Å². The summed E-state index contributed by atoms with van der Waals surface area (Å²) < 4.78 is 0. The van der Waals surface area contributed by atoms with Crippen LogP contribution in [0.3, 0.4) is 0 Å². The van der Waals surface area contributed by atoms with Gasteiger partial charge in [0.1, 0.15) is 0 Å². The standard InChI is InChI=1S/C7H16N2/c1-3-4-5-7(9)6(2)8/h5-6H,3-4,8-9H2,1-2H3. The fourth-order valence-electron chi connectivity index (χ4n) is 0.497. The van der Waals surface area contributed by atoms with Crippen molar-refractivity contribution in [3.05, 3.63) is 11.8 Å². The first-order valence-electron chi connectivity index (χ1n) is 3.39. The normalized spacial score (nSPS) is 15.7. The molecule has 0 spiro atoms. The second-order valence-corrected chi connectivity index (χ2v) is 2.28. The molecule has 0 aliphatic heterocycles. The van der Waals surface area contributed by atoms with Crippen molar-refractivity contribution in [2.24, 2.45) is 11.5 Å². The predicted molar refractivity (Wildman–Crippen MR) is 40.8 cm³/mol. The van der Waals surface area contributed by atoms with E-state index in [1.165, 1.54) is 0 Å². The van der Waals surface area contributed by atoms with Gasteiger partial charge in [0.05, 0.1) is 0 Å². The van der Waals surface area contributed by atoms with Gasteiger partial charge in [0, 0.05) is 11.7 Å². The fourth-order valence-corrected chi connectivity index (χ4v) is 0.497. The van der Waals surface area contributed by atoms with Crippen molar-refractivity contribution in [1.29, 1.82) is 0 Å². The van der Waals surface area contributed by atoms with Gasteiger partial charge in [-0.3, -0.25) is 0 Å². The van der Waals surface area contributed by atoms with Crippen molar-refractivity contribution in [3.8, 4) is 0 Å². The van der Waals surface area contributed by atoms with Crippen LogP contribution in [0.4, 0.5) is 0 Å². The van der Waals surface area contributed by atoms with Crippen molar-refractivity contribution < 1.29 is 0 Å². The number of hydrogen-bond donors (Lipinski definition) is 2. The molecule has 0 aliphatic rings. The third kappa shape index (κ3) is 4.03. The smallest absolute Gasteiger partial charge is 0.0410 e. The molecule has 0 aliphatic carbocycles. The highest BCUT2D eigenvalue weighted by Crippen LogP contribution is 1.94. The Kier molecular flexibility index (Phi) is 4.14. The van der Waals surface area contributed by atoms with E-state index in [4.69, 9.17) is 11.5 Å². The topological polar surface area (TPSA) is 52.0 Å². The van der Waals surface area contributed by atoms with E-state index < -0.39 is 0 Å². The Bertz CT molecular complexity index is 95.1. The lowest BCUT2D eigenvalue weighted by atomic mass is 10.2. The Labute approximate surface area is 56.9 Å². The Balaban J connectivity index is 3.55. The first kappa shape index (κ1) is 8.50. The molecule has 0 rings (SSSR count). The molecular formula is C7H16N2. The monoisotopic (exact) mass is 128 g/mol. The van der Waals surface area contributed by atoms with Crippen LogP contribution in [0.2, 0.25) is 0 Å². The second-order valence-electron chi connectivity index (χ2n) is 2.28. The molecule has 9 heavy (non-hydrogen) atoms. The molecule has 2 heteroatoms. The molecule has 1 atom stereocenters. The molecule has 0 fully saturated rings. The molecule has 0 aromatic heterocycles. The third-order valence-electron chi connectivity index (χ3n) is 1.19. The molecule has 0 aromatic rings. The summed E-state index contributed by atoms with van der Waals surface area (Å²) in [5, 5.41) is 0. The Hall–Kier alpha value is -0.500. The largest absolute Gasteiger partial charge is 0.401 e. The van der Waals surface area contributed by atoms with Gasteiger partial charge in [-0.1, -0.05) is 19.4 Å². The van der Waals surface area contributed by atoms with E-state index >= 15 is 0 Å². The van der Waals surface area contributed by atoms with Crippen LogP contribution in [0.5, 0.6) is 0 Å². The highest BCUT2D eigenvalue weighted by atomic mass is 14.7. The van der Waals surface area contributed by atoms with Crippen LogP contribution in [-0.4, -0.2) is 6.04 Å². The lowest BCUT2D eigenvalue weighted by molar-refractivity contribution is 0.826. The quantitative estimate of drug-likeness (QED) is 0.595. The number of rotatable bonds is 3. The molecule has 54 valence electrons. The zero-order chi connectivity index (χ0) is 7.28. The molecule has 0 saturated carbocycles. The summed E-state index contributed by atoms with van der Waals surface area (Å²) in [6, 6.07) is 0.0107. The highest BCUT2D eigenvalue weighted by molar-refractivity contribution is 5.02. The van der Waals surface area contributed by atoms with E-state index in [9.17, 15) is 0 Å². The maximum atomic E-state index is 5.54. The zero-order valence-corrected chi connectivity index (χ0v) is 6.22. The van der Waals surface area contributed by atoms with Crippen molar-refractivity contribution in [1.82, 2.24) is 0 Å². The van der Waals surface area contributed by atoms with Crippen molar-refractivity contribution in [3.63, 3.8) is 0 Å². The highest BCUT2D eigenvalue weighted by Gasteiger charge is 1.93. The molecule has 1 unspecified atom stereocenters. The van der Waals surface area contributed by atoms with Gasteiger partial charge in [-0.2, -0.15) is 0 Å². The van der Waals surface area contributed by atoms with Crippen LogP contribution in [0.25, 0.3) is 0 Å². The average molecular weight is 128 g/mol. The van der Waals surface area contributed by atoms with Crippen LogP contribution < -0.4 is 11.5 Å². The number of allylic oxidation sites excluding steroid dienone is 1. The molecule has 0 radical (unpaired) electrons. The van der Waals surface area contributed by atoms with Crippen LogP contribution >= 0.6 is 0 Å². The van der Waals surface area contributed by atoms with Gasteiger partial charge in [0.15, 0.2) is 0 Å². The molecule has 0 saturated heterocycles. The number of unbranched alkanes of at least 4 members (excludes halogenated alkanes) is 1. The minimum atomic E-state index is 0.0107. The van der Waals surface area contributed by atoms with Gasteiger partial charge in [-0.05, 0) is 13.3 Å². The first-order chi connectivity index (χ1) is 4.18. The summed E-state index contributed by atoms with van der Waals surface area (Å²) in [7, 11) is 0. The van der Waals surface area contributed by atoms with Crippen molar-refractivity contribution in [2.45, 2.75) is 32.7 Å². The summed E-state index contributed by atoms with van der Waals surface area (Å²) in [5.74, 6) is 0. The number of nitrogens with two attached hydrogens (primary N) is 2. The minimum Gasteiger partial charge on any atom is -0.401 e. The number of hydrogen-bond acceptors (Lipinski definition) is 2. The Morgan fingerprint density at radius 2 is 2.22 bits per heavy atom. The van der Waals surface area contributed by atoms with Gasteiger partial charge in [0.2, 0.25) is 0 Å². The zero-order valence-electron chi connectivity index (χ0n) is 6.22. The van der Waals surface area contributed by atoms with Crippen molar-refractivity contribution >= 4 is 0 Å². The van der Waals surface area contributed by atoms with E-state index in [1.54, 1.807) is 0 Å². The minimum absolute atomic E-state index is 0.0107. The van der Waals surface area contributed by atoms with Gasteiger partial charge < -0.3 is 11.5 Å². The van der Waals surface area contributed by atoms with Crippen LogP contribution in [0.1, 0.15) is 26.7 Å². The van der Waals surface area contributed by atoms with Gasteiger partial charge in [0.25, 0.3) is 0 Å². The van der Waals surface area contributed by atoms with Gasteiger partial charge >= 0.3 is 0 Å². The van der Waals surface area contributed by atoms with E-state index in [1.807, 2.05) is 13.0 Å². The summed E-state index contributed by atoms with van der Waals surface area (Å²) in [6.07, 6.45) is 4.16. The molecule has 2 nitrogen and oxygen atoms in total. The molecule has 4 N–H and O–H groups in total. The molecule has 0 heterocycles. The predicted octanol–water partition coefficient (Wildman–Crippen LogP) is 0.976. The molecule has 0 bridgehead atoms. The maximum Gasteiger partial charge on any atom is 0.0410 e. The maximum absolute atomic E-state index is 5.54. The first-order valence-corrected chi connectivity index (χ1v) is 3.39. The van der Waals surface area contributed by atoms with E-state index in [-0.39, 0.29) is 6.04 Å². The Morgan fingerprint density at radius 1 is 1.67 bits per heavy atom. The summed E-state index contributed by atoms with van der Waals surface area (Å²) in [4.78, 5) is 0. The van der Waals surface area contributed by atoms with Crippen LogP contribution in [0, 0.1) is 0 Å². The lowest BCUT2D eigenvalue weighted by Crippen LogP contribution is -2.23. The summed E-state index contributed by atoms with van der Waals surface area (Å²) in [5.41, 5.74) is 11.8. The average Bonchev–Trinajstić information content (AvgIpc) is 1.82. The second kappa shape index (κ2) is 4.39. The summed E-state index contributed by atoms with van der Waals surface area (Å²) in [6.45, 7) is 4.01. The third-order valence-corrected chi connectivity index (χ3v) is 1.19. The van der Waals surface area contributed by atoms with E-state index in [2.05, 4.69) is 6.92 Å². The Morgan fingerprint density at radius 3 is 2.56 bits per heavy atom. The fraction of sp³-hybridized carbons (Fsp3) is 0.714. The van der Waals surface area contributed by atoms with Crippen LogP contribution in [-0.2, 0) is 0 Å². The SMILES string of the molecule is CCCC=C(N)C(C)N. The lowest BCUT2D eigenvalue weighted by Gasteiger charge is -2.03. The van der Waals surface area contributed by atoms with E-state index in [0.717, 1.165) is 18.5 Å². The molecular weight excluding hydrogens is 112 g/mol. The molecule has 0 aromatic carbocycles. The molecule has 0 amide bonds. The van der Waals surface area contributed by atoms with Gasteiger partial charge in [-0.15, -0.1) is 0 Å².